The average molecular weight is 303 g/mol. The van der Waals surface area contributed by atoms with Crippen LogP contribution in [0.25, 0.3) is 0 Å². The van der Waals surface area contributed by atoms with Gasteiger partial charge in [-0.05, 0) is 39.6 Å². The summed E-state index contributed by atoms with van der Waals surface area (Å²) >= 11 is 3.02. The van der Waals surface area contributed by atoms with Crippen LogP contribution in [0.1, 0.15) is 12.8 Å². The SMILES string of the molecule is O=C(Cn1cc(Br)c([N+](=O)[O-])n1)NCC1CC1. The van der Waals surface area contributed by atoms with E-state index >= 15 is 0 Å². The largest absolute Gasteiger partial charge is 0.404 e. The molecule has 0 radical (unpaired) electrons. The molecule has 8 heteroatoms. The van der Waals surface area contributed by atoms with E-state index in [2.05, 4.69) is 26.3 Å². The Balaban J connectivity index is 1.90. The molecular formula is C9H11BrN4O3. The van der Waals surface area contributed by atoms with Crippen LogP contribution in [-0.4, -0.2) is 27.2 Å². The highest BCUT2D eigenvalue weighted by molar-refractivity contribution is 9.10. The molecule has 1 aromatic rings. The molecule has 1 amide bonds. The van der Waals surface area contributed by atoms with E-state index < -0.39 is 4.92 Å². The summed E-state index contributed by atoms with van der Waals surface area (Å²) in [6.45, 7) is 0.683. The smallest absolute Gasteiger partial charge is 0.358 e. The van der Waals surface area contributed by atoms with Gasteiger partial charge < -0.3 is 15.4 Å². The molecule has 0 spiro atoms. The zero-order valence-electron chi connectivity index (χ0n) is 8.93. The van der Waals surface area contributed by atoms with Crippen LogP contribution in [0.15, 0.2) is 10.7 Å². The molecule has 7 nitrogen and oxygen atoms in total. The van der Waals surface area contributed by atoms with E-state index in [-0.39, 0.29) is 22.7 Å². The molecule has 92 valence electrons. The number of rotatable bonds is 5. The van der Waals surface area contributed by atoms with E-state index in [1.807, 2.05) is 0 Å². The lowest BCUT2D eigenvalue weighted by Crippen LogP contribution is -2.29. The van der Waals surface area contributed by atoms with Crippen LogP contribution in [0, 0.1) is 16.0 Å². The quantitative estimate of drug-likeness (QED) is 0.651. The van der Waals surface area contributed by atoms with Gasteiger partial charge in [0.05, 0.1) is 11.3 Å². The lowest BCUT2D eigenvalue weighted by molar-refractivity contribution is -0.390. The van der Waals surface area contributed by atoms with Gasteiger partial charge in [-0.2, -0.15) is 4.68 Å². The molecule has 0 atom stereocenters. The molecule has 0 bridgehead atoms. The van der Waals surface area contributed by atoms with E-state index in [1.165, 1.54) is 23.7 Å². The molecule has 17 heavy (non-hydrogen) atoms. The first-order chi connectivity index (χ1) is 8.06. The molecule has 0 saturated heterocycles. The first-order valence-electron chi connectivity index (χ1n) is 5.20. The fraction of sp³-hybridized carbons (Fsp3) is 0.556. The second-order valence-corrected chi connectivity index (χ2v) is 4.86. The Kier molecular flexibility index (Phi) is 3.41. The van der Waals surface area contributed by atoms with Crippen molar-refractivity contribution in [2.24, 2.45) is 5.92 Å². The van der Waals surface area contributed by atoms with Crippen LogP contribution < -0.4 is 5.32 Å². The van der Waals surface area contributed by atoms with Crippen LogP contribution in [0.5, 0.6) is 0 Å². The van der Waals surface area contributed by atoms with Crippen molar-refractivity contribution in [1.82, 2.24) is 15.1 Å². The van der Waals surface area contributed by atoms with Gasteiger partial charge in [-0.25, -0.2) is 0 Å². The van der Waals surface area contributed by atoms with Crippen molar-refractivity contribution in [3.8, 4) is 0 Å². The predicted molar refractivity (Wildman–Crippen MR) is 62.3 cm³/mol. The maximum absolute atomic E-state index is 11.5. The van der Waals surface area contributed by atoms with Crippen molar-refractivity contribution in [3.05, 3.63) is 20.8 Å². The molecule has 1 N–H and O–H groups in total. The Morgan fingerprint density at radius 1 is 1.71 bits per heavy atom. The van der Waals surface area contributed by atoms with Crippen molar-refractivity contribution < 1.29 is 9.72 Å². The highest BCUT2D eigenvalue weighted by Gasteiger charge is 2.23. The lowest BCUT2D eigenvalue weighted by Gasteiger charge is -2.01. The fourth-order valence-electron chi connectivity index (χ4n) is 1.37. The Hall–Kier alpha value is -1.44. The van der Waals surface area contributed by atoms with Gasteiger partial charge in [0, 0.05) is 6.54 Å². The number of nitrogens with one attached hydrogen (secondary N) is 1. The van der Waals surface area contributed by atoms with Gasteiger partial charge in [-0.1, -0.05) is 0 Å². The molecule has 0 aliphatic heterocycles. The number of carbonyl (C=O) groups excluding carboxylic acids is 1. The fourth-order valence-corrected chi connectivity index (χ4v) is 1.84. The minimum Gasteiger partial charge on any atom is -0.358 e. The number of hydrogen-bond acceptors (Lipinski definition) is 4. The number of carbonyl (C=O) groups is 1. The average Bonchev–Trinajstić information content (AvgIpc) is 3.00. The van der Waals surface area contributed by atoms with E-state index in [0.29, 0.717) is 12.5 Å². The second-order valence-electron chi connectivity index (χ2n) is 4.00. The Bertz CT molecular complexity index is 455. The highest BCUT2D eigenvalue weighted by Crippen LogP contribution is 2.27. The van der Waals surface area contributed by atoms with Crippen molar-refractivity contribution in [2.45, 2.75) is 19.4 Å². The van der Waals surface area contributed by atoms with Gasteiger partial charge in [-0.15, -0.1) is 0 Å². The number of hydrogen-bond donors (Lipinski definition) is 1. The molecular weight excluding hydrogens is 292 g/mol. The Labute approximate surface area is 105 Å². The first kappa shape index (κ1) is 12.0. The standard InChI is InChI=1S/C9H11BrN4O3/c10-7-4-13(12-9(7)14(16)17)5-8(15)11-3-6-1-2-6/h4,6H,1-3,5H2,(H,11,15). The van der Waals surface area contributed by atoms with Crippen molar-refractivity contribution in [3.63, 3.8) is 0 Å². The van der Waals surface area contributed by atoms with E-state index in [1.54, 1.807) is 0 Å². The summed E-state index contributed by atoms with van der Waals surface area (Å²) < 4.78 is 1.53. The van der Waals surface area contributed by atoms with E-state index in [4.69, 9.17) is 0 Å². The van der Waals surface area contributed by atoms with Gasteiger partial charge in [0.15, 0.2) is 0 Å². The Morgan fingerprint density at radius 2 is 2.41 bits per heavy atom. The molecule has 1 saturated carbocycles. The van der Waals surface area contributed by atoms with Crippen LogP contribution >= 0.6 is 15.9 Å². The van der Waals surface area contributed by atoms with E-state index in [9.17, 15) is 14.9 Å². The van der Waals surface area contributed by atoms with Gasteiger partial charge in [0.2, 0.25) is 5.91 Å². The van der Waals surface area contributed by atoms with E-state index in [0.717, 1.165) is 0 Å². The maximum atomic E-state index is 11.5. The molecule has 1 fully saturated rings. The first-order valence-corrected chi connectivity index (χ1v) is 5.99. The molecule has 1 aromatic heterocycles. The molecule has 1 aliphatic rings. The Morgan fingerprint density at radius 3 is 2.94 bits per heavy atom. The van der Waals surface area contributed by atoms with Gasteiger partial charge >= 0.3 is 5.82 Å². The maximum Gasteiger partial charge on any atom is 0.404 e. The number of nitrogens with zero attached hydrogens (tertiary/aromatic N) is 3. The zero-order valence-corrected chi connectivity index (χ0v) is 10.5. The van der Waals surface area contributed by atoms with Crippen LogP contribution in [0.3, 0.4) is 0 Å². The van der Waals surface area contributed by atoms with Crippen molar-refractivity contribution in [2.75, 3.05) is 6.54 Å². The summed E-state index contributed by atoms with van der Waals surface area (Å²) in [4.78, 5) is 21.4. The lowest BCUT2D eigenvalue weighted by atomic mass is 10.4. The summed E-state index contributed by atoms with van der Waals surface area (Å²) in [5, 5.41) is 17.0. The number of aromatic nitrogens is 2. The number of amides is 1. The summed E-state index contributed by atoms with van der Waals surface area (Å²) in [5.74, 6) is 0.152. The summed E-state index contributed by atoms with van der Waals surface area (Å²) in [7, 11) is 0. The third-order valence-corrected chi connectivity index (χ3v) is 3.02. The second kappa shape index (κ2) is 4.82. The monoisotopic (exact) mass is 302 g/mol. The minimum atomic E-state index is -0.595. The third-order valence-electron chi connectivity index (χ3n) is 2.46. The summed E-state index contributed by atoms with van der Waals surface area (Å²) in [6.07, 6.45) is 3.76. The molecule has 2 rings (SSSR count). The summed E-state index contributed by atoms with van der Waals surface area (Å²) in [6, 6.07) is 0. The molecule has 0 aromatic carbocycles. The predicted octanol–water partition coefficient (Wildman–Crippen LogP) is 1.08. The third kappa shape index (κ3) is 3.26. The molecule has 1 aliphatic carbocycles. The van der Waals surface area contributed by atoms with Crippen LogP contribution in [-0.2, 0) is 11.3 Å². The molecule has 1 heterocycles. The zero-order chi connectivity index (χ0) is 12.4. The van der Waals surface area contributed by atoms with Crippen molar-refractivity contribution in [1.29, 1.82) is 0 Å². The number of halogens is 1. The normalized spacial score (nSPS) is 14.6. The minimum absolute atomic E-state index is 0.000833. The van der Waals surface area contributed by atoms with Crippen LogP contribution in [0.2, 0.25) is 0 Å². The van der Waals surface area contributed by atoms with Gasteiger partial charge in [0.25, 0.3) is 0 Å². The van der Waals surface area contributed by atoms with Crippen molar-refractivity contribution >= 4 is 27.7 Å². The topological polar surface area (TPSA) is 90.1 Å². The summed E-state index contributed by atoms with van der Waals surface area (Å²) in [5.41, 5.74) is 0. The number of nitro groups is 1. The van der Waals surface area contributed by atoms with Gasteiger partial charge in [-0.3, -0.25) is 4.79 Å². The van der Waals surface area contributed by atoms with Crippen LogP contribution in [0.4, 0.5) is 5.82 Å². The highest BCUT2D eigenvalue weighted by atomic mass is 79.9. The van der Waals surface area contributed by atoms with Gasteiger partial charge in [0.1, 0.15) is 11.0 Å². The molecule has 0 unspecified atom stereocenters.